The molecule has 3 atom stereocenters. The fourth-order valence-electron chi connectivity index (χ4n) is 5.76. The van der Waals surface area contributed by atoms with Crippen LogP contribution in [-0.4, -0.2) is 69.4 Å². The number of benzene rings is 1. The van der Waals surface area contributed by atoms with Gasteiger partial charge in [0.1, 0.15) is 11.3 Å². The molecule has 11 heteroatoms. The van der Waals surface area contributed by atoms with Crippen molar-refractivity contribution in [2.75, 3.05) is 37.7 Å². The van der Waals surface area contributed by atoms with Gasteiger partial charge in [-0.3, -0.25) is 4.90 Å². The molecule has 3 aromatic rings. The molecular weight excluding hydrogens is 547 g/mol. The van der Waals surface area contributed by atoms with E-state index in [-0.39, 0.29) is 30.7 Å². The largest absolute Gasteiger partial charge is 0.461 e. The number of carbonyl (C=O) groups is 1. The molecule has 0 radical (unpaired) electrons. The van der Waals surface area contributed by atoms with Gasteiger partial charge in [0.15, 0.2) is 11.3 Å². The van der Waals surface area contributed by atoms with Gasteiger partial charge in [0.2, 0.25) is 0 Å². The molecule has 0 N–H and O–H groups in total. The Labute approximate surface area is 240 Å². The third-order valence-corrected chi connectivity index (χ3v) is 8.24. The minimum absolute atomic E-state index is 0. The Kier molecular flexibility index (Phi) is 9.40. The Morgan fingerprint density at radius 3 is 2.63 bits per heavy atom. The molecule has 4 heterocycles. The predicted molar refractivity (Wildman–Crippen MR) is 154 cm³/mol. The normalized spacial score (nSPS) is 21.2. The molecule has 206 valence electrons. The summed E-state index contributed by atoms with van der Waals surface area (Å²) in [6.45, 7) is 10.6. The summed E-state index contributed by atoms with van der Waals surface area (Å²) in [6.07, 6.45) is 6.81. The van der Waals surface area contributed by atoms with E-state index in [9.17, 15) is 4.79 Å². The topological polar surface area (TPSA) is 76.4 Å². The van der Waals surface area contributed by atoms with Crippen LogP contribution in [0.25, 0.3) is 11.2 Å². The van der Waals surface area contributed by atoms with Crippen LogP contribution in [0.1, 0.15) is 68.5 Å². The lowest BCUT2D eigenvalue weighted by Crippen LogP contribution is -2.51. The number of ether oxygens (including phenoxy) is 1. The van der Waals surface area contributed by atoms with Crippen LogP contribution in [0.15, 0.2) is 24.4 Å². The lowest BCUT2D eigenvalue weighted by Gasteiger charge is -2.44. The van der Waals surface area contributed by atoms with Gasteiger partial charge in [-0.15, -0.1) is 12.4 Å². The molecule has 0 aliphatic carbocycles. The maximum Gasteiger partial charge on any atom is 0.361 e. The zero-order valence-electron chi connectivity index (χ0n) is 22.1. The first-order chi connectivity index (χ1) is 17.9. The molecule has 2 fully saturated rings. The van der Waals surface area contributed by atoms with Gasteiger partial charge in [0.25, 0.3) is 0 Å². The smallest absolute Gasteiger partial charge is 0.361 e. The van der Waals surface area contributed by atoms with Crippen LogP contribution < -0.4 is 4.90 Å². The molecule has 0 amide bonds. The molecule has 3 unspecified atom stereocenters. The van der Waals surface area contributed by atoms with Crippen molar-refractivity contribution in [3.8, 4) is 0 Å². The van der Waals surface area contributed by atoms with E-state index in [2.05, 4.69) is 26.8 Å². The fraction of sp³-hybridized carbons (Fsp3) is 0.556. The summed E-state index contributed by atoms with van der Waals surface area (Å²) in [7, 11) is 0. The molecular formula is C27H35Cl3N6O2. The quantitative estimate of drug-likeness (QED) is 0.328. The predicted octanol–water partition coefficient (Wildman–Crippen LogP) is 6.04. The van der Waals surface area contributed by atoms with Gasteiger partial charge >= 0.3 is 5.97 Å². The summed E-state index contributed by atoms with van der Waals surface area (Å²) >= 11 is 12.6. The van der Waals surface area contributed by atoms with Gasteiger partial charge in [-0.1, -0.05) is 42.6 Å². The van der Waals surface area contributed by atoms with Gasteiger partial charge in [-0.25, -0.2) is 19.4 Å². The Morgan fingerprint density at radius 2 is 1.95 bits per heavy atom. The maximum absolute atomic E-state index is 12.7. The molecule has 0 spiro atoms. The minimum Gasteiger partial charge on any atom is -0.461 e. The van der Waals surface area contributed by atoms with Crippen LogP contribution in [0, 0.1) is 5.92 Å². The van der Waals surface area contributed by atoms with Crippen LogP contribution in [-0.2, 0) is 4.74 Å². The third kappa shape index (κ3) is 5.74. The van der Waals surface area contributed by atoms with Gasteiger partial charge in [-0.2, -0.15) is 5.10 Å². The number of aromatic nitrogens is 4. The Morgan fingerprint density at radius 1 is 1.18 bits per heavy atom. The van der Waals surface area contributed by atoms with Crippen molar-refractivity contribution in [2.24, 2.45) is 5.92 Å². The number of hydrogen-bond acceptors (Lipinski definition) is 7. The van der Waals surface area contributed by atoms with Crippen LogP contribution in [0.5, 0.6) is 0 Å². The zero-order chi connectivity index (χ0) is 26.1. The highest BCUT2D eigenvalue weighted by atomic mass is 35.5. The van der Waals surface area contributed by atoms with E-state index < -0.39 is 5.97 Å². The lowest BCUT2D eigenvalue weighted by atomic mass is 9.91. The molecule has 8 nitrogen and oxygen atoms in total. The average Bonchev–Trinajstić information content (AvgIpc) is 3.28. The van der Waals surface area contributed by atoms with Gasteiger partial charge in [-0.05, 0) is 69.8 Å². The number of anilines is 1. The van der Waals surface area contributed by atoms with E-state index in [4.69, 9.17) is 32.9 Å². The van der Waals surface area contributed by atoms with E-state index in [1.807, 2.05) is 13.0 Å². The summed E-state index contributed by atoms with van der Waals surface area (Å²) < 4.78 is 6.98. The molecule has 2 saturated heterocycles. The van der Waals surface area contributed by atoms with Crippen molar-refractivity contribution in [1.29, 1.82) is 0 Å². The maximum atomic E-state index is 12.7. The minimum atomic E-state index is -0.515. The molecule has 0 bridgehead atoms. The molecule has 0 saturated carbocycles. The second kappa shape index (κ2) is 12.4. The summed E-state index contributed by atoms with van der Waals surface area (Å²) in [6, 6.07) is 5.68. The molecule has 5 rings (SSSR count). The molecule has 2 aromatic heterocycles. The van der Waals surface area contributed by atoms with Gasteiger partial charge in [0, 0.05) is 29.2 Å². The Hall–Kier alpha value is -2.13. The van der Waals surface area contributed by atoms with Crippen LogP contribution in [0.4, 0.5) is 5.82 Å². The highest BCUT2D eigenvalue weighted by Gasteiger charge is 2.32. The summed E-state index contributed by atoms with van der Waals surface area (Å²) in [5.41, 5.74) is 1.94. The number of rotatable bonds is 6. The second-order valence-corrected chi connectivity index (χ2v) is 11.0. The first-order valence-electron chi connectivity index (χ1n) is 13.2. The van der Waals surface area contributed by atoms with Crippen LogP contribution in [0.2, 0.25) is 10.0 Å². The van der Waals surface area contributed by atoms with Crippen molar-refractivity contribution in [1.82, 2.24) is 24.6 Å². The van der Waals surface area contributed by atoms with E-state index in [1.54, 1.807) is 29.9 Å². The van der Waals surface area contributed by atoms with Crippen molar-refractivity contribution in [3.05, 3.63) is 45.7 Å². The molecule has 2 aliphatic heterocycles. The van der Waals surface area contributed by atoms with E-state index in [0.29, 0.717) is 33.2 Å². The summed E-state index contributed by atoms with van der Waals surface area (Å²) in [5.74, 6) is 0.803. The van der Waals surface area contributed by atoms with E-state index in [0.717, 1.165) is 30.9 Å². The lowest BCUT2D eigenvalue weighted by molar-refractivity contribution is 0.0520. The first-order valence-corrected chi connectivity index (χ1v) is 14.0. The number of carbonyl (C=O) groups excluding carboxylic acids is 1. The van der Waals surface area contributed by atoms with Crippen molar-refractivity contribution >= 4 is 58.6 Å². The molecule has 38 heavy (non-hydrogen) atoms. The van der Waals surface area contributed by atoms with Gasteiger partial charge in [0.05, 0.1) is 18.8 Å². The average molecular weight is 582 g/mol. The molecule has 1 aromatic carbocycles. The number of nitrogens with zero attached hydrogens (tertiary/aromatic N) is 6. The molecule has 2 aliphatic rings. The number of halogens is 3. The summed E-state index contributed by atoms with van der Waals surface area (Å²) in [4.78, 5) is 27.4. The van der Waals surface area contributed by atoms with E-state index >= 15 is 0 Å². The second-order valence-electron chi connectivity index (χ2n) is 10.1. The Bertz CT molecular complexity index is 1280. The van der Waals surface area contributed by atoms with Crippen molar-refractivity contribution in [3.63, 3.8) is 0 Å². The number of piperidine rings is 2. The van der Waals surface area contributed by atoms with Crippen LogP contribution >= 0.6 is 35.6 Å². The number of hydrogen-bond donors (Lipinski definition) is 0. The third-order valence-electron chi connectivity index (χ3n) is 7.68. The number of esters is 1. The standard InChI is InChI=1S/C27H34Cl2N6O2.ClH/c1-4-37-27(36)25-24-26(35(32-25)18(3)20-9-8-19(28)14-21(20)29)31-23(15-30-24)34-13-10-22(17(2)16-34)33-11-6-5-7-12-33;/h8-9,14-15,17-18,22H,4-7,10-13,16H2,1-3H3;1H. The fourth-order valence-corrected chi connectivity index (χ4v) is 6.33. The van der Waals surface area contributed by atoms with Gasteiger partial charge < -0.3 is 9.64 Å². The highest BCUT2D eigenvalue weighted by Crippen LogP contribution is 2.32. The highest BCUT2D eigenvalue weighted by molar-refractivity contribution is 6.35. The monoisotopic (exact) mass is 580 g/mol. The summed E-state index contributed by atoms with van der Waals surface area (Å²) in [5, 5.41) is 5.71. The number of likely N-dealkylation sites (tertiary alicyclic amines) is 1. The first kappa shape index (κ1) is 28.9. The van der Waals surface area contributed by atoms with Crippen molar-refractivity contribution in [2.45, 2.75) is 58.5 Å². The zero-order valence-corrected chi connectivity index (χ0v) is 24.4. The SMILES string of the molecule is CCOC(=O)c1nn(C(C)c2ccc(Cl)cc2Cl)c2nc(N3CCC(N4CCCCC4)C(C)C3)cnc12.Cl. The van der Waals surface area contributed by atoms with E-state index in [1.165, 1.54) is 32.4 Å². The van der Waals surface area contributed by atoms with Crippen LogP contribution in [0.3, 0.4) is 0 Å². The number of fused-ring (bicyclic) bond motifs is 1. The Balaban J connectivity index is 0.00000336. The van der Waals surface area contributed by atoms with Crippen molar-refractivity contribution < 1.29 is 9.53 Å².